The molecule has 0 radical (unpaired) electrons. The Morgan fingerprint density at radius 1 is 1.30 bits per heavy atom. The van der Waals surface area contributed by atoms with Crippen LogP contribution in [0.5, 0.6) is 5.75 Å². The van der Waals surface area contributed by atoms with E-state index in [0.29, 0.717) is 12.4 Å². The third-order valence-electron chi connectivity index (χ3n) is 2.59. The standard InChI is InChI=1S/C13H14BrNO3S2/c1-2-18-9-3-5-11(15)12(7-9)20(16,17)8-10-4-6-13(14)19-10/h3-7H,2,8,15H2,1H3. The fourth-order valence-corrected chi connectivity index (χ4v) is 5.06. The molecule has 0 spiro atoms. The van der Waals surface area contributed by atoms with E-state index in [4.69, 9.17) is 10.5 Å². The van der Waals surface area contributed by atoms with Gasteiger partial charge in [-0.15, -0.1) is 11.3 Å². The lowest BCUT2D eigenvalue weighted by atomic mass is 10.3. The molecule has 2 rings (SSSR count). The van der Waals surface area contributed by atoms with Crippen LogP contribution in [0.4, 0.5) is 5.69 Å². The van der Waals surface area contributed by atoms with Crippen LogP contribution in [0.3, 0.4) is 0 Å². The van der Waals surface area contributed by atoms with Crippen LogP contribution < -0.4 is 10.5 Å². The minimum absolute atomic E-state index is 0.0664. The topological polar surface area (TPSA) is 69.4 Å². The molecular formula is C13H14BrNO3S2. The SMILES string of the molecule is CCOc1ccc(N)c(S(=O)(=O)Cc2ccc(Br)s2)c1. The number of hydrogen-bond acceptors (Lipinski definition) is 5. The maximum Gasteiger partial charge on any atom is 0.185 e. The number of benzene rings is 1. The molecule has 0 saturated heterocycles. The van der Waals surface area contributed by atoms with Crippen LogP contribution >= 0.6 is 27.3 Å². The lowest BCUT2D eigenvalue weighted by Crippen LogP contribution is -2.07. The summed E-state index contributed by atoms with van der Waals surface area (Å²) >= 11 is 4.72. The molecule has 1 aromatic heterocycles. The van der Waals surface area contributed by atoms with E-state index in [1.165, 1.54) is 17.4 Å². The Hall–Kier alpha value is -1.05. The number of thiophene rings is 1. The first-order chi connectivity index (χ1) is 9.42. The minimum Gasteiger partial charge on any atom is -0.494 e. The minimum atomic E-state index is -3.49. The van der Waals surface area contributed by atoms with Gasteiger partial charge in [0.25, 0.3) is 0 Å². The van der Waals surface area contributed by atoms with E-state index >= 15 is 0 Å². The zero-order valence-electron chi connectivity index (χ0n) is 10.8. The molecule has 4 nitrogen and oxygen atoms in total. The van der Waals surface area contributed by atoms with Crippen molar-refractivity contribution >= 4 is 42.8 Å². The largest absolute Gasteiger partial charge is 0.494 e. The number of nitrogen functional groups attached to an aromatic ring is 1. The third-order valence-corrected chi connectivity index (χ3v) is 6.11. The average molecular weight is 376 g/mol. The molecule has 0 fully saturated rings. The Balaban J connectivity index is 2.35. The van der Waals surface area contributed by atoms with Crippen molar-refractivity contribution in [3.8, 4) is 5.75 Å². The van der Waals surface area contributed by atoms with E-state index in [0.717, 1.165) is 8.66 Å². The van der Waals surface area contributed by atoms with Crippen molar-refractivity contribution in [3.05, 3.63) is 39.0 Å². The van der Waals surface area contributed by atoms with Crippen LogP contribution in [0, 0.1) is 0 Å². The Morgan fingerprint density at radius 2 is 2.05 bits per heavy atom. The van der Waals surface area contributed by atoms with E-state index in [2.05, 4.69) is 15.9 Å². The Kier molecular flexibility index (Phi) is 4.72. The van der Waals surface area contributed by atoms with Gasteiger partial charge in [-0.1, -0.05) is 0 Å². The fraction of sp³-hybridized carbons (Fsp3) is 0.231. The summed E-state index contributed by atoms with van der Waals surface area (Å²) in [7, 11) is -3.49. The molecule has 0 aliphatic carbocycles. The number of ether oxygens (including phenoxy) is 1. The van der Waals surface area contributed by atoms with E-state index in [9.17, 15) is 8.42 Å². The van der Waals surface area contributed by atoms with Gasteiger partial charge in [-0.05, 0) is 47.1 Å². The zero-order valence-corrected chi connectivity index (χ0v) is 14.0. The second kappa shape index (κ2) is 6.15. The van der Waals surface area contributed by atoms with Gasteiger partial charge in [-0.3, -0.25) is 0 Å². The van der Waals surface area contributed by atoms with E-state index in [1.807, 2.05) is 13.0 Å². The smallest absolute Gasteiger partial charge is 0.185 e. The maximum atomic E-state index is 12.4. The molecule has 0 bridgehead atoms. The number of halogens is 1. The Labute approximate surface area is 130 Å². The van der Waals surface area contributed by atoms with E-state index in [1.54, 1.807) is 18.2 Å². The van der Waals surface area contributed by atoms with Crippen LogP contribution in [-0.4, -0.2) is 15.0 Å². The predicted octanol–water partition coefficient (Wildman–Crippen LogP) is 3.47. The van der Waals surface area contributed by atoms with Gasteiger partial charge in [0, 0.05) is 10.9 Å². The highest BCUT2D eigenvalue weighted by molar-refractivity contribution is 9.11. The summed E-state index contributed by atoms with van der Waals surface area (Å²) in [6, 6.07) is 8.32. The summed E-state index contributed by atoms with van der Waals surface area (Å²) in [5.41, 5.74) is 6.03. The molecule has 2 N–H and O–H groups in total. The molecule has 0 saturated carbocycles. The van der Waals surface area contributed by atoms with Crippen molar-refractivity contribution < 1.29 is 13.2 Å². The van der Waals surface area contributed by atoms with Gasteiger partial charge in [0.05, 0.1) is 26.7 Å². The normalized spacial score (nSPS) is 11.5. The van der Waals surface area contributed by atoms with Crippen LogP contribution in [-0.2, 0) is 15.6 Å². The fourth-order valence-electron chi connectivity index (χ4n) is 1.73. The highest BCUT2D eigenvalue weighted by Gasteiger charge is 2.20. The lowest BCUT2D eigenvalue weighted by molar-refractivity contribution is 0.339. The molecule has 0 unspecified atom stereocenters. The van der Waals surface area contributed by atoms with Gasteiger partial charge in [-0.2, -0.15) is 0 Å². The summed E-state index contributed by atoms with van der Waals surface area (Å²) in [5, 5.41) is 0. The first kappa shape index (κ1) is 15.3. The summed E-state index contributed by atoms with van der Waals surface area (Å²) in [6.45, 7) is 2.31. The lowest BCUT2D eigenvalue weighted by Gasteiger charge is -2.09. The highest BCUT2D eigenvalue weighted by atomic mass is 79.9. The van der Waals surface area contributed by atoms with Crippen molar-refractivity contribution in [2.75, 3.05) is 12.3 Å². The van der Waals surface area contributed by atoms with E-state index < -0.39 is 9.84 Å². The van der Waals surface area contributed by atoms with Crippen LogP contribution in [0.1, 0.15) is 11.8 Å². The second-order valence-electron chi connectivity index (χ2n) is 4.10. The number of hydrogen-bond donors (Lipinski definition) is 1. The summed E-state index contributed by atoms with van der Waals surface area (Å²) in [5.74, 6) is 0.441. The Bertz CT molecular complexity index is 710. The van der Waals surface area contributed by atoms with Gasteiger partial charge < -0.3 is 10.5 Å². The van der Waals surface area contributed by atoms with Gasteiger partial charge >= 0.3 is 0 Å². The summed E-state index contributed by atoms with van der Waals surface area (Å²) in [4.78, 5) is 0.881. The third kappa shape index (κ3) is 3.53. The van der Waals surface area contributed by atoms with Gasteiger partial charge in [0.2, 0.25) is 0 Å². The van der Waals surface area contributed by atoms with Crippen LogP contribution in [0.15, 0.2) is 39.0 Å². The molecule has 20 heavy (non-hydrogen) atoms. The van der Waals surface area contributed by atoms with Crippen molar-refractivity contribution in [1.29, 1.82) is 0 Å². The van der Waals surface area contributed by atoms with Gasteiger partial charge in [-0.25, -0.2) is 8.42 Å². The van der Waals surface area contributed by atoms with Gasteiger partial charge in [0.1, 0.15) is 5.75 Å². The van der Waals surface area contributed by atoms with Crippen LogP contribution in [0.2, 0.25) is 0 Å². The first-order valence-corrected chi connectivity index (χ1v) is 9.18. The van der Waals surface area contributed by atoms with Crippen molar-refractivity contribution in [2.24, 2.45) is 0 Å². The average Bonchev–Trinajstić information content (AvgIpc) is 2.76. The maximum absolute atomic E-state index is 12.4. The molecule has 0 atom stereocenters. The van der Waals surface area contributed by atoms with Crippen LogP contribution in [0.25, 0.3) is 0 Å². The number of nitrogens with two attached hydrogens (primary N) is 1. The second-order valence-corrected chi connectivity index (χ2v) is 8.60. The molecule has 0 amide bonds. The number of sulfone groups is 1. The van der Waals surface area contributed by atoms with Crippen molar-refractivity contribution in [2.45, 2.75) is 17.6 Å². The van der Waals surface area contributed by atoms with Crippen molar-refractivity contribution in [1.82, 2.24) is 0 Å². The van der Waals surface area contributed by atoms with Crippen molar-refractivity contribution in [3.63, 3.8) is 0 Å². The summed E-state index contributed by atoms with van der Waals surface area (Å²) < 4.78 is 31.1. The predicted molar refractivity (Wildman–Crippen MR) is 84.9 cm³/mol. The first-order valence-electron chi connectivity index (χ1n) is 5.91. The Morgan fingerprint density at radius 3 is 2.65 bits per heavy atom. The monoisotopic (exact) mass is 375 g/mol. The zero-order chi connectivity index (χ0) is 14.8. The van der Waals surface area contributed by atoms with Gasteiger partial charge in [0.15, 0.2) is 9.84 Å². The number of rotatable bonds is 5. The molecule has 1 heterocycles. The molecule has 7 heteroatoms. The molecule has 2 aromatic rings. The molecular weight excluding hydrogens is 362 g/mol. The highest BCUT2D eigenvalue weighted by Crippen LogP contribution is 2.30. The summed E-state index contributed by atoms with van der Waals surface area (Å²) in [6.07, 6.45) is 0. The molecule has 0 aliphatic rings. The molecule has 1 aromatic carbocycles. The number of anilines is 1. The molecule has 108 valence electrons. The van der Waals surface area contributed by atoms with E-state index in [-0.39, 0.29) is 16.3 Å². The quantitative estimate of drug-likeness (QED) is 0.812. The molecule has 0 aliphatic heterocycles.